The molecule has 0 aliphatic carbocycles. The second kappa shape index (κ2) is 6.29. The van der Waals surface area contributed by atoms with Crippen LogP contribution in [0.4, 0.5) is 0 Å². The van der Waals surface area contributed by atoms with Crippen LogP contribution in [0.3, 0.4) is 0 Å². The van der Waals surface area contributed by atoms with Gasteiger partial charge >= 0.3 is 0 Å². The SMILES string of the molecule is In1c2c(-c3ccccc3)cccc2c2cccc(-c3ccccc3)c21. The minimum atomic E-state index is 1.25. The van der Waals surface area contributed by atoms with Crippen molar-refractivity contribution in [3.63, 3.8) is 0 Å². The molecule has 0 amide bonds. The van der Waals surface area contributed by atoms with E-state index >= 15 is 0 Å². The molecule has 0 aliphatic rings. The fourth-order valence-corrected chi connectivity index (χ4v) is 4.80. The van der Waals surface area contributed by atoms with Gasteiger partial charge in [0.25, 0.3) is 0 Å². The van der Waals surface area contributed by atoms with Crippen LogP contribution in [0.5, 0.6) is 0 Å². The Labute approximate surface area is 166 Å². The number of hydrogen-bond donors (Lipinski definition) is 0. The first-order valence-corrected chi connectivity index (χ1v) is 9.64. The van der Waals surface area contributed by atoms with E-state index in [0.717, 1.165) is 0 Å². The predicted octanol–water partition coefficient (Wildman–Crippen LogP) is 7.33. The van der Waals surface area contributed by atoms with Gasteiger partial charge in [-0.2, -0.15) is 0 Å². The Morgan fingerprint density at radius 1 is 0.462 bits per heavy atom. The molecule has 5 aromatic rings. The first-order chi connectivity index (χ1) is 12.8. The largest absolute Gasteiger partial charge is 0.280 e. The van der Waals surface area contributed by atoms with Crippen LogP contribution in [0.15, 0.2) is 97.1 Å². The average molecular weight is 445 g/mol. The first kappa shape index (κ1) is 15.6. The molecule has 4 aromatic carbocycles. The summed E-state index contributed by atoms with van der Waals surface area (Å²) >= 11 is 2.45. The van der Waals surface area contributed by atoms with Crippen molar-refractivity contribution < 1.29 is 0 Å². The third-order valence-electron chi connectivity index (χ3n) is 4.92. The molecule has 0 fully saturated rings. The molecule has 2 heteroatoms. The lowest BCUT2D eigenvalue weighted by atomic mass is 10.0. The Morgan fingerprint density at radius 3 is 1.31 bits per heavy atom. The third-order valence-corrected chi connectivity index (χ3v) is 5.89. The highest BCUT2D eigenvalue weighted by molar-refractivity contribution is 14.1. The summed E-state index contributed by atoms with van der Waals surface area (Å²) in [5, 5.41) is 2.60. The lowest BCUT2D eigenvalue weighted by Gasteiger charge is -2.07. The number of aromatic nitrogens is 1. The molecule has 0 spiro atoms. The maximum atomic E-state index is 2.45. The van der Waals surface area contributed by atoms with Crippen molar-refractivity contribution in [3.05, 3.63) is 97.1 Å². The van der Waals surface area contributed by atoms with Crippen LogP contribution >= 0.6 is 22.9 Å². The molecule has 124 valence electrons. The van der Waals surface area contributed by atoms with Crippen molar-refractivity contribution in [1.29, 1.82) is 0 Å². The number of fused-ring (bicyclic) bond motifs is 3. The van der Waals surface area contributed by atoms with E-state index < -0.39 is 0 Å². The van der Waals surface area contributed by atoms with E-state index in [0.29, 0.717) is 0 Å². The highest BCUT2D eigenvalue weighted by atomic mass is 127. The predicted molar refractivity (Wildman–Crippen MR) is 120 cm³/mol. The van der Waals surface area contributed by atoms with Gasteiger partial charge in [0.15, 0.2) is 0 Å². The van der Waals surface area contributed by atoms with Crippen molar-refractivity contribution >= 4 is 44.7 Å². The molecule has 0 saturated carbocycles. The topological polar surface area (TPSA) is 4.93 Å². The molecule has 1 heterocycles. The zero-order valence-electron chi connectivity index (χ0n) is 14.1. The molecule has 5 rings (SSSR count). The van der Waals surface area contributed by atoms with Crippen molar-refractivity contribution in [2.24, 2.45) is 0 Å². The lowest BCUT2D eigenvalue weighted by molar-refractivity contribution is 1.48. The Bertz CT molecular complexity index is 1120. The Balaban J connectivity index is 1.91. The van der Waals surface area contributed by atoms with Crippen LogP contribution < -0.4 is 0 Å². The van der Waals surface area contributed by atoms with Crippen LogP contribution in [-0.4, -0.2) is 2.78 Å². The summed E-state index contributed by atoms with van der Waals surface area (Å²) in [5.41, 5.74) is 7.59. The van der Waals surface area contributed by atoms with Gasteiger partial charge in [-0.15, -0.1) is 0 Å². The van der Waals surface area contributed by atoms with E-state index in [1.165, 1.54) is 44.1 Å². The molecule has 0 saturated heterocycles. The highest BCUT2D eigenvalue weighted by Crippen LogP contribution is 2.40. The number of rotatable bonds is 2. The second-order valence-corrected chi connectivity index (χ2v) is 7.38. The second-order valence-electron chi connectivity index (χ2n) is 6.42. The van der Waals surface area contributed by atoms with Crippen LogP contribution in [-0.2, 0) is 0 Å². The van der Waals surface area contributed by atoms with Crippen molar-refractivity contribution in [2.75, 3.05) is 0 Å². The van der Waals surface area contributed by atoms with Gasteiger partial charge in [-0.1, -0.05) is 97.1 Å². The zero-order chi connectivity index (χ0) is 17.5. The van der Waals surface area contributed by atoms with Crippen LogP contribution in [0.1, 0.15) is 0 Å². The van der Waals surface area contributed by atoms with E-state index in [1.54, 1.807) is 0 Å². The maximum Gasteiger partial charge on any atom is 0.0668 e. The standard InChI is InChI=1S/C24H16IN/c25-26-23-19(17-9-3-1-4-10-17)13-7-15-21(23)22-16-8-14-20(24(22)26)18-11-5-2-6-12-18/h1-16H. The number of benzene rings is 4. The molecule has 1 aromatic heterocycles. The molecule has 0 aliphatic heterocycles. The summed E-state index contributed by atoms with van der Waals surface area (Å²) in [7, 11) is 0. The highest BCUT2D eigenvalue weighted by Gasteiger charge is 2.16. The summed E-state index contributed by atoms with van der Waals surface area (Å²) in [6.07, 6.45) is 0. The zero-order valence-corrected chi connectivity index (χ0v) is 16.2. The van der Waals surface area contributed by atoms with Gasteiger partial charge in [-0.05, 0) is 11.1 Å². The van der Waals surface area contributed by atoms with Crippen LogP contribution in [0.25, 0.3) is 44.1 Å². The summed E-state index contributed by atoms with van der Waals surface area (Å²) in [6, 6.07) is 34.5. The molecule has 0 atom stereocenters. The fourth-order valence-electron chi connectivity index (χ4n) is 3.76. The van der Waals surface area contributed by atoms with E-state index in [2.05, 4.69) is 123 Å². The average Bonchev–Trinajstić information content (AvgIpc) is 3.02. The van der Waals surface area contributed by atoms with Gasteiger partial charge in [-0.25, -0.2) is 0 Å². The third kappa shape index (κ3) is 2.36. The van der Waals surface area contributed by atoms with Crippen molar-refractivity contribution in [1.82, 2.24) is 2.78 Å². The van der Waals surface area contributed by atoms with E-state index in [4.69, 9.17) is 0 Å². The molecule has 0 N–H and O–H groups in total. The molecule has 1 nitrogen and oxygen atoms in total. The van der Waals surface area contributed by atoms with Crippen LogP contribution in [0, 0.1) is 0 Å². The number of para-hydroxylation sites is 2. The van der Waals surface area contributed by atoms with Crippen LogP contribution in [0.2, 0.25) is 0 Å². The number of hydrogen-bond acceptors (Lipinski definition) is 0. The maximum absolute atomic E-state index is 2.45. The van der Waals surface area contributed by atoms with Gasteiger partial charge in [-0.3, -0.25) is 2.78 Å². The normalized spacial score (nSPS) is 11.3. The van der Waals surface area contributed by atoms with Gasteiger partial charge in [0.05, 0.1) is 33.9 Å². The van der Waals surface area contributed by atoms with E-state index in [-0.39, 0.29) is 0 Å². The smallest absolute Gasteiger partial charge is 0.0668 e. The molecular weight excluding hydrogens is 429 g/mol. The Hall–Kier alpha value is -2.59. The monoisotopic (exact) mass is 445 g/mol. The molecule has 0 bridgehead atoms. The lowest BCUT2D eigenvalue weighted by Crippen LogP contribution is -1.86. The Morgan fingerprint density at radius 2 is 0.885 bits per heavy atom. The van der Waals surface area contributed by atoms with Gasteiger partial charge in [0.2, 0.25) is 0 Å². The number of halogens is 1. The van der Waals surface area contributed by atoms with E-state index in [9.17, 15) is 0 Å². The van der Waals surface area contributed by atoms with E-state index in [1.807, 2.05) is 0 Å². The van der Waals surface area contributed by atoms with Gasteiger partial charge < -0.3 is 0 Å². The van der Waals surface area contributed by atoms with Crippen molar-refractivity contribution in [2.45, 2.75) is 0 Å². The Kier molecular flexibility index (Phi) is 3.79. The number of nitrogens with zero attached hydrogens (tertiary/aromatic N) is 1. The fraction of sp³-hybridized carbons (Fsp3) is 0. The molecule has 0 unspecified atom stereocenters. The summed E-state index contributed by atoms with van der Waals surface area (Å²) < 4.78 is 2.33. The molecule has 0 radical (unpaired) electrons. The van der Waals surface area contributed by atoms with Gasteiger partial charge in [0, 0.05) is 21.9 Å². The minimum Gasteiger partial charge on any atom is -0.280 e. The summed E-state index contributed by atoms with van der Waals surface area (Å²) in [6.45, 7) is 0. The molecular formula is C24H16IN. The summed E-state index contributed by atoms with van der Waals surface area (Å²) in [5.74, 6) is 0. The minimum absolute atomic E-state index is 1.25. The quantitative estimate of drug-likeness (QED) is 0.251. The molecule has 26 heavy (non-hydrogen) atoms. The first-order valence-electron chi connectivity index (χ1n) is 8.68. The van der Waals surface area contributed by atoms with Crippen molar-refractivity contribution in [3.8, 4) is 22.3 Å². The summed E-state index contributed by atoms with van der Waals surface area (Å²) in [4.78, 5) is 0. The van der Waals surface area contributed by atoms with Gasteiger partial charge in [0.1, 0.15) is 0 Å².